The van der Waals surface area contributed by atoms with E-state index in [4.69, 9.17) is 39.2 Å². The SMILES string of the molecule is [B]C([B])([B])C([B])([B])NC(=O)c1ccc(N2CCN(Cc3cnc4cc(C5CC5)c(=O)[nH]c4c3)CC2)n(C)c1=O. The number of rotatable bonds is 7. The van der Waals surface area contributed by atoms with Crippen molar-refractivity contribution in [2.75, 3.05) is 31.1 Å². The fraction of sp³-hybridized carbons (Fsp3) is 0.440. The molecule has 1 aliphatic heterocycles. The Morgan fingerprint density at radius 1 is 1.08 bits per heavy atom. The number of nitrogens with zero attached hydrogens (tertiary/aromatic N) is 4. The molecule has 1 saturated heterocycles. The monoisotopic (exact) mass is 512 g/mol. The molecule has 0 unspecified atom stereocenters. The molecule has 3 aromatic rings. The molecule has 3 aromatic heterocycles. The molecule has 188 valence electrons. The smallest absolute Gasteiger partial charge is 0.264 e. The van der Waals surface area contributed by atoms with Crippen LogP contribution in [0.25, 0.3) is 11.0 Å². The minimum Gasteiger partial charge on any atom is -0.365 e. The second kappa shape index (κ2) is 10.1. The van der Waals surface area contributed by atoms with E-state index in [1.807, 2.05) is 18.3 Å². The fourth-order valence-electron chi connectivity index (χ4n) is 4.80. The molecule has 10 radical (unpaired) electrons. The minimum atomic E-state index is -2.14. The van der Waals surface area contributed by atoms with Crippen molar-refractivity contribution in [3.05, 3.63) is 67.9 Å². The lowest BCUT2D eigenvalue weighted by molar-refractivity contribution is 0.0940. The van der Waals surface area contributed by atoms with E-state index in [0.717, 1.165) is 48.1 Å². The first-order valence-corrected chi connectivity index (χ1v) is 12.8. The van der Waals surface area contributed by atoms with Crippen molar-refractivity contribution >= 4 is 62.0 Å². The number of aromatic nitrogens is 3. The molecule has 14 heteroatoms. The van der Waals surface area contributed by atoms with Crippen LogP contribution in [-0.2, 0) is 13.6 Å². The number of nitrogens with one attached hydrogen (secondary N) is 2. The molecule has 2 N–H and O–H groups in total. The highest BCUT2D eigenvalue weighted by atomic mass is 16.2. The number of carbonyl (C=O) groups is 1. The van der Waals surface area contributed by atoms with E-state index in [9.17, 15) is 14.4 Å². The number of fused-ring (bicyclic) bond motifs is 1. The van der Waals surface area contributed by atoms with Crippen LogP contribution < -0.4 is 21.3 Å². The van der Waals surface area contributed by atoms with Gasteiger partial charge in [-0.25, -0.2) is 0 Å². The maximum Gasteiger partial charge on any atom is 0.264 e. The van der Waals surface area contributed by atoms with E-state index in [1.165, 1.54) is 10.6 Å². The number of pyridine rings is 3. The third-order valence-corrected chi connectivity index (χ3v) is 7.46. The van der Waals surface area contributed by atoms with Crippen molar-refractivity contribution in [1.29, 1.82) is 0 Å². The maximum absolute atomic E-state index is 13.0. The van der Waals surface area contributed by atoms with Crippen LogP contribution in [0.4, 0.5) is 5.82 Å². The van der Waals surface area contributed by atoms with Crippen LogP contribution in [0.1, 0.15) is 40.2 Å². The van der Waals surface area contributed by atoms with Gasteiger partial charge in [0.15, 0.2) is 0 Å². The highest BCUT2D eigenvalue weighted by molar-refractivity contribution is 6.67. The second-order valence-electron chi connectivity index (χ2n) is 10.6. The standard InChI is InChI=1S/C25H25B5N6O3/c1-34-20(5-4-16(23(34)39)22(38)33-25(29,30)24(26,27)28)36-8-6-35(7-9-36)13-14-10-19-18(31-12-14)11-17(15-2-3-15)21(37)32-19/h4-5,10-12,15H,2-3,6-9,13H2,1H3,(H,32,37)(H,33,38). The molecule has 2 fully saturated rings. The Kier molecular flexibility index (Phi) is 7.12. The van der Waals surface area contributed by atoms with E-state index in [2.05, 4.69) is 25.1 Å². The maximum atomic E-state index is 13.0. The van der Waals surface area contributed by atoms with Crippen molar-refractivity contribution in [2.24, 2.45) is 7.05 Å². The molecule has 0 atom stereocenters. The summed E-state index contributed by atoms with van der Waals surface area (Å²) in [5.41, 5.74) is 2.68. The van der Waals surface area contributed by atoms with Gasteiger partial charge in [-0.3, -0.25) is 28.8 Å². The topological polar surface area (TPSA) is 103 Å². The molecule has 1 amide bonds. The van der Waals surface area contributed by atoms with E-state index < -0.39 is 21.9 Å². The van der Waals surface area contributed by atoms with E-state index >= 15 is 0 Å². The molecule has 39 heavy (non-hydrogen) atoms. The number of aromatic amines is 1. The number of hydrogen-bond donors (Lipinski definition) is 2. The van der Waals surface area contributed by atoms with E-state index in [0.29, 0.717) is 31.4 Å². The average Bonchev–Trinajstić information content (AvgIpc) is 3.70. The molecule has 9 nitrogen and oxygen atoms in total. The Morgan fingerprint density at radius 3 is 2.41 bits per heavy atom. The average molecular weight is 512 g/mol. The van der Waals surface area contributed by atoms with Gasteiger partial charge in [-0.05, 0) is 48.6 Å². The highest BCUT2D eigenvalue weighted by Gasteiger charge is 2.32. The third-order valence-electron chi connectivity index (χ3n) is 7.46. The van der Waals surface area contributed by atoms with Crippen molar-refractivity contribution in [3.8, 4) is 0 Å². The van der Waals surface area contributed by atoms with Crippen LogP contribution in [0, 0.1) is 0 Å². The number of piperazine rings is 1. The Hall–Kier alpha value is -3.14. The normalized spacial score (nSPS) is 16.9. The molecule has 0 bridgehead atoms. The molecular weight excluding hydrogens is 486 g/mol. The first kappa shape index (κ1) is 27.4. The van der Waals surface area contributed by atoms with Gasteiger partial charge in [-0.2, -0.15) is 0 Å². The molecule has 4 heterocycles. The molecule has 1 aliphatic carbocycles. The number of amides is 1. The van der Waals surface area contributed by atoms with Crippen molar-refractivity contribution < 1.29 is 4.79 Å². The largest absolute Gasteiger partial charge is 0.365 e. The first-order chi connectivity index (χ1) is 18.3. The fourth-order valence-corrected chi connectivity index (χ4v) is 4.80. The van der Waals surface area contributed by atoms with Crippen molar-refractivity contribution in [1.82, 2.24) is 24.8 Å². The van der Waals surface area contributed by atoms with Crippen LogP contribution >= 0.6 is 0 Å². The summed E-state index contributed by atoms with van der Waals surface area (Å²) in [6.45, 7) is 3.53. The Balaban J connectivity index is 1.23. The van der Waals surface area contributed by atoms with Crippen LogP contribution in [-0.4, -0.2) is 96.1 Å². The predicted octanol–water partition coefficient (Wildman–Crippen LogP) is -0.879. The van der Waals surface area contributed by atoms with Gasteiger partial charge < -0.3 is 15.2 Å². The van der Waals surface area contributed by atoms with Gasteiger partial charge >= 0.3 is 0 Å². The highest BCUT2D eigenvalue weighted by Crippen LogP contribution is 2.38. The van der Waals surface area contributed by atoms with Crippen LogP contribution in [0.2, 0.25) is 5.11 Å². The van der Waals surface area contributed by atoms with Crippen LogP contribution in [0.5, 0.6) is 0 Å². The lowest BCUT2D eigenvalue weighted by Gasteiger charge is -2.42. The lowest BCUT2D eigenvalue weighted by Crippen LogP contribution is -2.59. The molecule has 0 aromatic carbocycles. The summed E-state index contributed by atoms with van der Waals surface area (Å²) in [4.78, 5) is 50.0. The van der Waals surface area contributed by atoms with E-state index in [-0.39, 0.29) is 11.1 Å². The lowest BCUT2D eigenvalue weighted by atomic mass is 9.26. The number of H-pyrrole nitrogens is 1. The molecule has 2 aliphatic rings. The van der Waals surface area contributed by atoms with Crippen LogP contribution in [0.3, 0.4) is 0 Å². The van der Waals surface area contributed by atoms with Gasteiger partial charge in [0.2, 0.25) is 0 Å². The number of anilines is 1. The van der Waals surface area contributed by atoms with Crippen molar-refractivity contribution in [3.63, 3.8) is 0 Å². The first-order valence-electron chi connectivity index (χ1n) is 12.8. The predicted molar refractivity (Wildman–Crippen MR) is 155 cm³/mol. The van der Waals surface area contributed by atoms with Gasteiger partial charge in [0, 0.05) is 51.5 Å². The van der Waals surface area contributed by atoms with Crippen LogP contribution in [0.15, 0.2) is 40.1 Å². The molecule has 5 rings (SSSR count). The zero-order valence-corrected chi connectivity index (χ0v) is 21.8. The summed E-state index contributed by atoms with van der Waals surface area (Å²) in [6.07, 6.45) is 3.99. The Labute approximate surface area is 233 Å². The summed E-state index contributed by atoms with van der Waals surface area (Å²) < 4.78 is 1.40. The van der Waals surface area contributed by atoms with Gasteiger partial charge in [0.25, 0.3) is 17.0 Å². The Morgan fingerprint density at radius 2 is 1.77 bits per heavy atom. The van der Waals surface area contributed by atoms with Gasteiger partial charge in [0.05, 0.1) is 50.3 Å². The number of carbonyl (C=O) groups excluding carboxylic acids is 1. The summed E-state index contributed by atoms with van der Waals surface area (Å²) in [7, 11) is 29.6. The second-order valence-corrected chi connectivity index (χ2v) is 10.6. The van der Waals surface area contributed by atoms with Gasteiger partial charge in [-0.1, -0.05) is 5.34 Å². The number of hydrogen-bond acceptors (Lipinski definition) is 6. The third kappa shape index (κ3) is 5.62. The van der Waals surface area contributed by atoms with Gasteiger partial charge in [0.1, 0.15) is 11.4 Å². The van der Waals surface area contributed by atoms with Crippen molar-refractivity contribution in [2.45, 2.75) is 35.8 Å². The molecule has 0 spiro atoms. The Bertz CT molecular complexity index is 1540. The quantitative estimate of drug-likeness (QED) is 0.400. The zero-order chi connectivity index (χ0) is 28.1. The molecule has 1 saturated carbocycles. The zero-order valence-electron chi connectivity index (χ0n) is 21.8. The van der Waals surface area contributed by atoms with E-state index in [1.54, 1.807) is 13.1 Å². The summed E-state index contributed by atoms with van der Waals surface area (Å²) >= 11 is 0. The summed E-state index contributed by atoms with van der Waals surface area (Å²) in [5.74, 6) is 0.205. The minimum absolute atomic E-state index is 0.0247. The summed E-state index contributed by atoms with van der Waals surface area (Å²) in [5, 5.41) is -2.03. The molecular formula is C25H25B5N6O3. The van der Waals surface area contributed by atoms with Gasteiger partial charge in [-0.15, -0.1) is 5.11 Å². The summed E-state index contributed by atoms with van der Waals surface area (Å²) in [6, 6.07) is 7.01.